The maximum atomic E-state index is 13.2. The zero-order valence-corrected chi connectivity index (χ0v) is 19.0. The van der Waals surface area contributed by atoms with Gasteiger partial charge in [0.25, 0.3) is 11.8 Å². The number of anilines is 1. The zero-order chi connectivity index (χ0) is 25.8. The van der Waals surface area contributed by atoms with Crippen molar-refractivity contribution in [1.29, 1.82) is 0 Å². The molecule has 0 saturated carbocycles. The minimum absolute atomic E-state index is 0.109. The maximum absolute atomic E-state index is 13.2. The maximum Gasteiger partial charge on any atom is 0.416 e. The van der Waals surface area contributed by atoms with Crippen molar-refractivity contribution in [3.05, 3.63) is 89.0 Å². The van der Waals surface area contributed by atoms with Crippen LogP contribution in [0.4, 0.5) is 18.9 Å². The number of carboxylic acids is 1. The van der Waals surface area contributed by atoms with E-state index in [1.165, 1.54) is 29.2 Å². The molecule has 9 heteroatoms. The molecule has 0 aromatic heterocycles. The predicted molar refractivity (Wildman–Crippen MR) is 125 cm³/mol. The zero-order valence-electron chi connectivity index (χ0n) is 19.0. The number of aliphatic carboxylic acids is 1. The molecule has 0 bridgehead atoms. The van der Waals surface area contributed by atoms with E-state index in [2.05, 4.69) is 5.32 Å². The summed E-state index contributed by atoms with van der Waals surface area (Å²) in [4.78, 5) is 38.2. The van der Waals surface area contributed by atoms with E-state index in [1.807, 2.05) is 0 Å². The molecule has 0 radical (unpaired) electrons. The fourth-order valence-electron chi connectivity index (χ4n) is 3.49. The monoisotopic (exact) mass is 484 g/mol. The standard InChI is InChI=1S/C26H23F3N2O4/c1-31(2)25(35)21-15-16(8-14-23(32)33)7-13-22(21)30-24(34)20-6-4-3-5-19(20)17-9-11-18(12-10-17)26(27,28)29/h3-7,9-13,15H,8,14H2,1-2H3,(H,30,34)(H,32,33). The molecule has 0 aliphatic carbocycles. The van der Waals surface area contributed by atoms with E-state index in [-0.39, 0.29) is 35.6 Å². The fourth-order valence-corrected chi connectivity index (χ4v) is 3.49. The van der Waals surface area contributed by atoms with Crippen molar-refractivity contribution in [1.82, 2.24) is 4.90 Å². The Morgan fingerprint density at radius 2 is 1.57 bits per heavy atom. The largest absolute Gasteiger partial charge is 0.481 e. The Labute approximate surface area is 200 Å². The summed E-state index contributed by atoms with van der Waals surface area (Å²) < 4.78 is 38.8. The number of halogens is 3. The number of carbonyl (C=O) groups is 3. The van der Waals surface area contributed by atoms with Crippen LogP contribution in [-0.2, 0) is 17.4 Å². The van der Waals surface area contributed by atoms with Gasteiger partial charge in [0.1, 0.15) is 0 Å². The van der Waals surface area contributed by atoms with Gasteiger partial charge in [-0.15, -0.1) is 0 Å². The molecular weight excluding hydrogens is 461 g/mol. The third kappa shape index (κ3) is 6.26. The van der Waals surface area contributed by atoms with E-state index in [0.717, 1.165) is 12.1 Å². The van der Waals surface area contributed by atoms with Crippen LogP contribution >= 0.6 is 0 Å². The molecule has 2 amide bonds. The summed E-state index contributed by atoms with van der Waals surface area (Å²) in [6.45, 7) is 0. The number of nitrogens with zero attached hydrogens (tertiary/aromatic N) is 1. The van der Waals surface area contributed by atoms with Crippen molar-refractivity contribution in [3.63, 3.8) is 0 Å². The van der Waals surface area contributed by atoms with Crippen LogP contribution in [0.2, 0.25) is 0 Å². The SMILES string of the molecule is CN(C)C(=O)c1cc(CCC(=O)O)ccc1NC(=O)c1ccccc1-c1ccc(C(F)(F)F)cc1. The molecule has 0 atom stereocenters. The molecule has 2 N–H and O–H groups in total. The summed E-state index contributed by atoms with van der Waals surface area (Å²) >= 11 is 0. The van der Waals surface area contributed by atoms with E-state index < -0.39 is 23.6 Å². The first-order valence-electron chi connectivity index (χ1n) is 10.6. The van der Waals surface area contributed by atoms with Crippen LogP contribution in [0.25, 0.3) is 11.1 Å². The minimum atomic E-state index is -4.47. The van der Waals surface area contributed by atoms with Crippen molar-refractivity contribution in [2.24, 2.45) is 0 Å². The number of aryl methyl sites for hydroxylation is 1. The molecule has 0 aliphatic heterocycles. The van der Waals surface area contributed by atoms with Crippen LogP contribution in [0.5, 0.6) is 0 Å². The topological polar surface area (TPSA) is 86.7 Å². The second-order valence-corrected chi connectivity index (χ2v) is 8.05. The number of hydrogen-bond donors (Lipinski definition) is 2. The molecule has 0 spiro atoms. The molecule has 0 saturated heterocycles. The van der Waals surface area contributed by atoms with Gasteiger partial charge in [0, 0.05) is 26.1 Å². The quantitative estimate of drug-likeness (QED) is 0.474. The van der Waals surface area contributed by atoms with Gasteiger partial charge in [0.15, 0.2) is 0 Å². The number of rotatable bonds is 7. The van der Waals surface area contributed by atoms with Gasteiger partial charge < -0.3 is 15.3 Å². The van der Waals surface area contributed by atoms with Crippen LogP contribution in [-0.4, -0.2) is 41.9 Å². The molecule has 182 valence electrons. The molecule has 0 unspecified atom stereocenters. The highest BCUT2D eigenvalue weighted by Crippen LogP contribution is 2.32. The third-order valence-corrected chi connectivity index (χ3v) is 5.29. The normalized spacial score (nSPS) is 11.1. The van der Waals surface area contributed by atoms with Crippen molar-refractivity contribution in [2.75, 3.05) is 19.4 Å². The van der Waals surface area contributed by atoms with Gasteiger partial charge in [-0.2, -0.15) is 13.2 Å². The Kier molecular flexibility index (Phi) is 7.58. The Morgan fingerprint density at radius 1 is 0.914 bits per heavy atom. The first kappa shape index (κ1) is 25.5. The summed E-state index contributed by atoms with van der Waals surface area (Å²) in [5.74, 6) is -1.90. The van der Waals surface area contributed by atoms with Crippen molar-refractivity contribution in [2.45, 2.75) is 19.0 Å². The van der Waals surface area contributed by atoms with Crippen LogP contribution < -0.4 is 5.32 Å². The number of carboxylic acid groups (broad SMARTS) is 1. The van der Waals surface area contributed by atoms with Gasteiger partial charge >= 0.3 is 12.1 Å². The summed E-state index contributed by atoms with van der Waals surface area (Å²) in [5, 5.41) is 11.6. The molecule has 0 fully saturated rings. The van der Waals surface area contributed by atoms with Crippen LogP contribution in [0, 0.1) is 0 Å². The van der Waals surface area contributed by atoms with Crippen LogP contribution in [0.15, 0.2) is 66.7 Å². The highest BCUT2D eigenvalue weighted by Gasteiger charge is 2.30. The fraction of sp³-hybridized carbons (Fsp3) is 0.192. The van der Waals surface area contributed by atoms with Crippen LogP contribution in [0.3, 0.4) is 0 Å². The lowest BCUT2D eigenvalue weighted by Gasteiger charge is -2.17. The molecule has 3 aromatic carbocycles. The summed E-state index contributed by atoms with van der Waals surface area (Å²) in [5.41, 5.74) is 1.33. The smallest absolute Gasteiger partial charge is 0.416 e. The highest BCUT2D eigenvalue weighted by atomic mass is 19.4. The lowest BCUT2D eigenvalue weighted by atomic mass is 9.97. The number of nitrogens with one attached hydrogen (secondary N) is 1. The second kappa shape index (κ2) is 10.4. The average Bonchev–Trinajstić information content (AvgIpc) is 2.82. The number of hydrogen-bond acceptors (Lipinski definition) is 3. The Balaban J connectivity index is 1.94. The predicted octanol–water partition coefficient (Wildman–Crippen LogP) is 5.34. The van der Waals surface area contributed by atoms with E-state index in [9.17, 15) is 27.6 Å². The Morgan fingerprint density at radius 3 is 2.17 bits per heavy atom. The van der Waals surface area contributed by atoms with Gasteiger partial charge in [-0.05, 0) is 53.4 Å². The van der Waals surface area contributed by atoms with E-state index in [4.69, 9.17) is 5.11 Å². The summed E-state index contributed by atoms with van der Waals surface area (Å²) in [7, 11) is 3.11. The van der Waals surface area contributed by atoms with Crippen molar-refractivity contribution < 1.29 is 32.7 Å². The average molecular weight is 484 g/mol. The van der Waals surface area contributed by atoms with Gasteiger partial charge in [0.2, 0.25) is 0 Å². The summed E-state index contributed by atoms with van der Waals surface area (Å²) in [6, 6.07) is 15.7. The molecular formula is C26H23F3N2O4. The van der Waals surface area contributed by atoms with Gasteiger partial charge in [-0.25, -0.2) is 0 Å². The Hall–Kier alpha value is -4.14. The van der Waals surface area contributed by atoms with Gasteiger partial charge in [-0.1, -0.05) is 36.4 Å². The van der Waals surface area contributed by atoms with E-state index in [1.54, 1.807) is 44.4 Å². The van der Waals surface area contributed by atoms with Crippen molar-refractivity contribution in [3.8, 4) is 11.1 Å². The first-order chi connectivity index (χ1) is 16.5. The molecule has 6 nitrogen and oxygen atoms in total. The van der Waals surface area contributed by atoms with Gasteiger partial charge in [0.05, 0.1) is 16.8 Å². The van der Waals surface area contributed by atoms with E-state index >= 15 is 0 Å². The number of carbonyl (C=O) groups excluding carboxylic acids is 2. The molecule has 3 rings (SSSR count). The van der Waals surface area contributed by atoms with Crippen molar-refractivity contribution >= 4 is 23.5 Å². The Bertz CT molecular complexity index is 1250. The second-order valence-electron chi connectivity index (χ2n) is 8.05. The lowest BCUT2D eigenvalue weighted by molar-refractivity contribution is -0.138. The summed E-state index contributed by atoms with van der Waals surface area (Å²) in [6.07, 6.45) is -4.36. The molecule has 3 aromatic rings. The third-order valence-electron chi connectivity index (χ3n) is 5.29. The highest BCUT2D eigenvalue weighted by molar-refractivity contribution is 6.11. The first-order valence-corrected chi connectivity index (χ1v) is 10.6. The minimum Gasteiger partial charge on any atom is -0.481 e. The molecule has 0 aliphatic rings. The van der Waals surface area contributed by atoms with Crippen LogP contribution in [0.1, 0.15) is 38.3 Å². The number of benzene rings is 3. The number of alkyl halides is 3. The lowest BCUT2D eigenvalue weighted by Crippen LogP contribution is -2.24. The molecule has 0 heterocycles. The number of amides is 2. The van der Waals surface area contributed by atoms with Gasteiger partial charge in [-0.3, -0.25) is 14.4 Å². The molecule has 35 heavy (non-hydrogen) atoms. The van der Waals surface area contributed by atoms with E-state index in [0.29, 0.717) is 16.7 Å².